The number of benzene rings is 2. The number of rotatable bonds is 16. The Balaban J connectivity index is 0.000000156. The third-order valence-electron chi connectivity index (χ3n) is 16.9. The highest BCUT2D eigenvalue weighted by Gasteiger charge is 2.45. The summed E-state index contributed by atoms with van der Waals surface area (Å²) in [4.78, 5) is 104. The lowest BCUT2D eigenvalue weighted by Crippen LogP contribution is -2.57. The number of hydrogen-bond donors (Lipinski definition) is 8. The van der Waals surface area contributed by atoms with Crippen molar-refractivity contribution in [1.82, 2.24) is 41.4 Å². The summed E-state index contributed by atoms with van der Waals surface area (Å²) in [5, 5.41) is 21.3. The van der Waals surface area contributed by atoms with Gasteiger partial charge < -0.3 is 56.1 Å². The number of nitrogens with two attached hydrogens (primary N) is 1. The minimum Gasteiger partial charge on any atom is -0.495 e. The van der Waals surface area contributed by atoms with Gasteiger partial charge in [0.05, 0.1) is 56.4 Å². The van der Waals surface area contributed by atoms with Gasteiger partial charge in [-0.1, -0.05) is 25.0 Å². The van der Waals surface area contributed by atoms with Crippen LogP contribution in [0.25, 0.3) is 0 Å². The number of anilines is 2. The summed E-state index contributed by atoms with van der Waals surface area (Å²) >= 11 is 3.51. The molecule has 0 spiro atoms. The number of urea groups is 2. The van der Waals surface area contributed by atoms with Gasteiger partial charge in [-0.15, -0.1) is 5.06 Å². The predicted molar refractivity (Wildman–Crippen MR) is 307 cm³/mol. The summed E-state index contributed by atoms with van der Waals surface area (Å²) in [5.74, 6) is 1.43. The summed E-state index contributed by atoms with van der Waals surface area (Å²) in [6, 6.07) is 12.9. The second-order valence-corrected chi connectivity index (χ2v) is 25.0. The molecule has 2 aromatic carbocycles. The number of amides is 9. The van der Waals surface area contributed by atoms with Crippen LogP contribution in [-0.2, 0) is 33.5 Å². The van der Waals surface area contributed by atoms with Crippen molar-refractivity contribution < 1.29 is 62.1 Å². The third kappa shape index (κ3) is 15.3. The minimum absolute atomic E-state index is 0.0188. The van der Waals surface area contributed by atoms with E-state index < -0.39 is 30.0 Å². The number of imide groups is 1. The molecule has 11 rings (SSSR count). The zero-order valence-corrected chi connectivity index (χ0v) is 48.7. The first kappa shape index (κ1) is 60.4. The van der Waals surface area contributed by atoms with Crippen LogP contribution < -0.4 is 52.4 Å². The van der Waals surface area contributed by atoms with E-state index in [2.05, 4.69) is 47.0 Å². The summed E-state index contributed by atoms with van der Waals surface area (Å²) in [6.45, 7) is 5.05. The number of thioether (sulfide) groups is 2. The van der Waals surface area contributed by atoms with E-state index in [1.807, 2.05) is 62.0 Å². The molecule has 82 heavy (non-hydrogen) atoms. The molecule has 10 atom stereocenters. The Bertz CT molecular complexity index is 2630. The fraction of sp³-hybridized carbons (Fsp3) is 0.643. The van der Waals surface area contributed by atoms with Crippen LogP contribution in [0.3, 0.4) is 0 Å². The van der Waals surface area contributed by atoms with Crippen molar-refractivity contribution in [3.05, 3.63) is 47.5 Å². The van der Waals surface area contributed by atoms with Crippen LogP contribution in [0, 0.1) is 13.8 Å². The van der Waals surface area contributed by atoms with Crippen molar-refractivity contribution in [2.45, 2.75) is 188 Å². The van der Waals surface area contributed by atoms with Crippen molar-refractivity contribution in [3.8, 4) is 11.5 Å². The highest BCUT2D eigenvalue weighted by molar-refractivity contribution is 8.00. The van der Waals surface area contributed by atoms with E-state index in [4.69, 9.17) is 29.5 Å². The van der Waals surface area contributed by atoms with Gasteiger partial charge in [0, 0.05) is 104 Å². The molecule has 9 aliphatic heterocycles. The molecule has 448 valence electrons. The van der Waals surface area contributed by atoms with Crippen molar-refractivity contribution in [2.24, 2.45) is 5.73 Å². The Morgan fingerprint density at radius 2 is 1.09 bits per heavy atom. The molecule has 0 aliphatic carbocycles. The van der Waals surface area contributed by atoms with Crippen LogP contribution in [0.5, 0.6) is 11.5 Å². The highest BCUT2D eigenvalue weighted by atomic mass is 32.2. The monoisotopic (exact) mass is 1180 g/mol. The van der Waals surface area contributed by atoms with Gasteiger partial charge in [0.25, 0.3) is 11.8 Å². The van der Waals surface area contributed by atoms with Crippen molar-refractivity contribution in [2.75, 3.05) is 49.7 Å². The smallest absolute Gasteiger partial charge is 0.412 e. The number of ether oxygens (including phenoxy) is 4. The van der Waals surface area contributed by atoms with Crippen molar-refractivity contribution >= 4 is 82.8 Å². The summed E-state index contributed by atoms with van der Waals surface area (Å²) < 4.78 is 22.2. The van der Waals surface area contributed by atoms with Gasteiger partial charge in [0.15, 0.2) is 0 Å². The highest BCUT2D eigenvalue weighted by Crippen LogP contribution is 2.38. The lowest BCUT2D eigenvalue weighted by atomic mass is 9.83. The van der Waals surface area contributed by atoms with Crippen LogP contribution in [0.2, 0.25) is 0 Å². The van der Waals surface area contributed by atoms with Crippen LogP contribution in [0.1, 0.15) is 114 Å². The molecule has 4 bridgehead atoms. The van der Waals surface area contributed by atoms with E-state index in [1.165, 1.54) is 6.42 Å². The number of nitrogens with one attached hydrogen (secondary N) is 7. The second kappa shape index (κ2) is 27.9. The lowest BCUT2D eigenvalue weighted by Gasteiger charge is -2.48. The minimum atomic E-state index is -0.597. The average Bonchev–Trinajstić information content (AvgIpc) is 4.37. The number of carbonyl (C=O) groups excluding carboxylic acids is 8. The molecule has 9 aliphatic rings. The number of aryl methyl sites for hydroxylation is 2. The van der Waals surface area contributed by atoms with E-state index in [0.717, 1.165) is 86.8 Å². The number of fused-ring (bicyclic) bond motifs is 6. The normalized spacial score (nSPS) is 29.6. The Morgan fingerprint density at radius 1 is 0.634 bits per heavy atom. The van der Waals surface area contributed by atoms with Gasteiger partial charge >= 0.3 is 30.2 Å². The Hall–Kier alpha value is -6.22. The standard InChI is InChI=1S/C26H37N5O5S.C18H27N3O3.C12H15N3O5S/c1-15-6-7-21(35-2)19(10-15)29-26(34)36-18-11-16-4-3-5-17(12-18)31(16)14-27-23(32)9-8-22-24-20(13-37-22)28-25(33)30-24;1-12-6-7-17(23-2)16(8-12)20-18(22)24-15-9-13-4-3-5-14(10-15)21(13)11-19;16-8-2-3-9(17)15(8)20-10(18)4-1-7-11-6(5-21-7)13-12(19)14-11/h6-7,10,16-18,20,22,24H,3-5,8-9,11-14H2,1-2H3,(H,27,32)(H,29,34)(H2,28,30,33);6-8,13-15H,3-5,9-11,19H2,1-2H3,(H,20,22);6-7,11H,1-5H2,(H2,13,14,19)/t16?,17?,18?,20-,22-,24-;;6-,7-,11-/m1.0/s1. The van der Waals surface area contributed by atoms with E-state index in [-0.39, 0.29) is 96.2 Å². The molecule has 4 unspecified atom stereocenters. The van der Waals surface area contributed by atoms with Gasteiger partial charge in [-0.05, 0) is 87.8 Å². The maximum atomic E-state index is 12.7. The fourth-order valence-corrected chi connectivity index (χ4v) is 15.9. The molecule has 0 aromatic heterocycles. The van der Waals surface area contributed by atoms with E-state index >= 15 is 0 Å². The first-order chi connectivity index (χ1) is 39.5. The van der Waals surface area contributed by atoms with Gasteiger partial charge in [-0.3, -0.25) is 34.8 Å². The zero-order valence-electron chi connectivity index (χ0n) is 47.1. The molecule has 24 nitrogen and oxygen atoms in total. The van der Waals surface area contributed by atoms with Crippen LogP contribution in [0.4, 0.5) is 30.6 Å². The molecule has 9 fully saturated rings. The molecular weight excluding hydrogens is 1100 g/mol. The maximum absolute atomic E-state index is 12.7. The number of piperidine rings is 4. The number of hydrogen-bond acceptors (Lipinski definition) is 18. The van der Waals surface area contributed by atoms with Gasteiger partial charge in [-0.2, -0.15) is 23.5 Å². The first-order valence-electron chi connectivity index (χ1n) is 28.7. The van der Waals surface area contributed by atoms with E-state index in [9.17, 15) is 38.4 Å². The first-order valence-corrected chi connectivity index (χ1v) is 30.8. The van der Waals surface area contributed by atoms with Crippen LogP contribution >= 0.6 is 23.5 Å². The molecule has 2 aromatic rings. The topological polar surface area (TPSA) is 303 Å². The average molecular weight is 1180 g/mol. The van der Waals surface area contributed by atoms with Crippen molar-refractivity contribution in [1.29, 1.82) is 0 Å². The zero-order chi connectivity index (χ0) is 58.0. The quantitative estimate of drug-likeness (QED) is 0.0776. The number of nitrogens with zero attached hydrogens (tertiary/aromatic N) is 3. The van der Waals surface area contributed by atoms with Crippen LogP contribution in [-0.4, -0.2) is 173 Å². The lowest BCUT2D eigenvalue weighted by molar-refractivity contribution is -0.197. The van der Waals surface area contributed by atoms with Gasteiger partial charge in [0.1, 0.15) is 23.7 Å². The summed E-state index contributed by atoms with van der Waals surface area (Å²) in [6.07, 6.45) is 11.0. The fourth-order valence-electron chi connectivity index (χ4n) is 12.9. The van der Waals surface area contributed by atoms with E-state index in [1.54, 1.807) is 26.0 Å². The molecule has 0 radical (unpaired) electrons. The number of hydroxylamine groups is 2. The van der Waals surface area contributed by atoms with Crippen LogP contribution in [0.15, 0.2) is 36.4 Å². The Labute approximate surface area is 486 Å². The Morgan fingerprint density at radius 3 is 1.54 bits per heavy atom. The van der Waals surface area contributed by atoms with Gasteiger partial charge in [-0.25, -0.2) is 24.0 Å². The molecule has 0 saturated carbocycles. The molecule has 9 saturated heterocycles. The largest absolute Gasteiger partial charge is 0.495 e. The second-order valence-electron chi connectivity index (χ2n) is 22.5. The molecule has 26 heteroatoms. The molecule has 9 N–H and O–H groups in total. The summed E-state index contributed by atoms with van der Waals surface area (Å²) in [5.41, 5.74) is 9.20. The number of methoxy groups -OCH3 is 2. The van der Waals surface area contributed by atoms with Crippen molar-refractivity contribution in [3.63, 3.8) is 0 Å². The maximum Gasteiger partial charge on any atom is 0.412 e. The SMILES string of the molecule is COc1ccc(C)cc1NC(=O)OC1CC2CCCC(C1)N2CN.COc1ccc(C)cc1NC(=O)OC1CC2CCCC(C1)N2CNC(=O)CC[C@H]1SC[C@H]2NC(=O)N[C@H]21.O=C1N[C@H]2[C@H](CS[C@H]2CCC(=O)ON2C(=O)CCC2=O)N1. The number of carbonyl (C=O) groups is 8. The predicted octanol–water partition coefficient (Wildman–Crippen LogP) is 5.35. The summed E-state index contributed by atoms with van der Waals surface area (Å²) in [7, 11) is 3.16. The molecular formula is C56H79N11O13S2. The molecule has 9 amide bonds. The Kier molecular flexibility index (Phi) is 20.5. The van der Waals surface area contributed by atoms with Gasteiger partial charge in [0.2, 0.25) is 5.91 Å². The molecule has 9 heterocycles. The van der Waals surface area contributed by atoms with E-state index in [0.29, 0.717) is 66.2 Å². The third-order valence-corrected chi connectivity index (χ3v) is 19.9.